The summed E-state index contributed by atoms with van der Waals surface area (Å²) in [5.41, 5.74) is 0.572. The quantitative estimate of drug-likeness (QED) is 0.831. The minimum absolute atomic E-state index is 0.0324. The molecule has 4 nitrogen and oxygen atoms in total. The summed E-state index contributed by atoms with van der Waals surface area (Å²) in [6, 6.07) is -0.286. The van der Waals surface area contributed by atoms with Crippen LogP contribution in [0.4, 0.5) is 13.2 Å². The van der Waals surface area contributed by atoms with E-state index in [2.05, 4.69) is 14.4 Å². The predicted molar refractivity (Wildman–Crippen MR) is 77.8 cm³/mol. The van der Waals surface area contributed by atoms with E-state index in [-0.39, 0.29) is 11.2 Å². The zero-order valence-electron chi connectivity index (χ0n) is 12.5. The van der Waals surface area contributed by atoms with Crippen LogP contribution >= 0.6 is 11.3 Å². The minimum atomic E-state index is -4.39. The molecule has 0 saturated carbocycles. The molecule has 0 aliphatic carbocycles. The second kappa shape index (κ2) is 6.72. The Balaban J connectivity index is 2.73. The Kier molecular flexibility index (Phi) is 5.93. The Morgan fingerprint density at radius 2 is 1.95 bits per heavy atom. The highest BCUT2D eigenvalue weighted by molar-refractivity contribution is 7.90. The second-order valence-corrected chi connectivity index (χ2v) is 8.55. The van der Waals surface area contributed by atoms with E-state index in [4.69, 9.17) is 0 Å². The molecule has 0 aromatic carbocycles. The van der Waals surface area contributed by atoms with E-state index in [1.54, 1.807) is 13.8 Å². The molecule has 2 atom stereocenters. The smallest absolute Gasteiger partial charge is 0.422 e. The number of aryl methyl sites for hydroxylation is 1. The van der Waals surface area contributed by atoms with E-state index in [9.17, 15) is 17.7 Å². The fourth-order valence-corrected chi connectivity index (χ4v) is 3.17. The van der Waals surface area contributed by atoms with Gasteiger partial charge in [-0.1, -0.05) is 11.3 Å². The molecule has 122 valence electrons. The fourth-order valence-electron chi connectivity index (χ4n) is 1.38. The summed E-state index contributed by atoms with van der Waals surface area (Å²) in [6.07, 6.45) is -4.39. The standard InChI is InChI=1S/C12H19F3N2O2S2/c1-7-9(8(2)17-21(18)11(3,4)5)20-10(16-7)19-6-12(13,14)15/h8,17H,6H2,1-5H3/t8?,21-/m0/s1. The Morgan fingerprint density at radius 3 is 2.43 bits per heavy atom. The Morgan fingerprint density at radius 1 is 1.38 bits per heavy atom. The lowest BCUT2D eigenvalue weighted by Gasteiger charge is -2.26. The molecule has 0 fully saturated rings. The van der Waals surface area contributed by atoms with Gasteiger partial charge in [-0.15, -0.1) is 4.72 Å². The van der Waals surface area contributed by atoms with Gasteiger partial charge in [0.05, 0.1) is 16.6 Å². The van der Waals surface area contributed by atoms with Crippen LogP contribution in [0, 0.1) is 6.92 Å². The number of nitrogens with one attached hydrogen (secondary N) is 1. The van der Waals surface area contributed by atoms with Gasteiger partial charge in [-0.05, 0) is 34.6 Å². The molecule has 21 heavy (non-hydrogen) atoms. The van der Waals surface area contributed by atoms with Crippen LogP contribution in [0.3, 0.4) is 0 Å². The van der Waals surface area contributed by atoms with Crippen molar-refractivity contribution in [1.82, 2.24) is 9.71 Å². The van der Waals surface area contributed by atoms with E-state index in [0.29, 0.717) is 10.6 Å². The molecule has 1 rings (SSSR count). The van der Waals surface area contributed by atoms with Gasteiger partial charge in [0.2, 0.25) is 0 Å². The third-order valence-corrected chi connectivity index (χ3v) is 5.34. The molecule has 1 heterocycles. The van der Waals surface area contributed by atoms with Gasteiger partial charge in [-0.3, -0.25) is 0 Å². The van der Waals surface area contributed by atoms with E-state index >= 15 is 0 Å². The monoisotopic (exact) mass is 344 g/mol. The van der Waals surface area contributed by atoms with Crippen molar-refractivity contribution in [1.29, 1.82) is 0 Å². The first-order chi connectivity index (χ1) is 9.40. The van der Waals surface area contributed by atoms with Gasteiger partial charge < -0.3 is 9.29 Å². The summed E-state index contributed by atoms with van der Waals surface area (Å²) in [5.74, 6) is 0. The maximum atomic E-state index is 12.1. The highest BCUT2D eigenvalue weighted by Crippen LogP contribution is 2.32. The number of halogens is 3. The molecule has 0 aliphatic heterocycles. The lowest BCUT2D eigenvalue weighted by atomic mass is 10.2. The van der Waals surface area contributed by atoms with Crippen LogP contribution in [0.25, 0.3) is 0 Å². The number of nitrogens with zero attached hydrogens (tertiary/aromatic N) is 1. The first kappa shape index (κ1) is 18.5. The van der Waals surface area contributed by atoms with Crippen LogP contribution in [0.2, 0.25) is 0 Å². The molecule has 0 saturated heterocycles. The zero-order valence-corrected chi connectivity index (χ0v) is 14.1. The highest BCUT2D eigenvalue weighted by Gasteiger charge is 2.31. The summed E-state index contributed by atoms with van der Waals surface area (Å²) in [7, 11) is 0. The van der Waals surface area contributed by atoms with Crippen molar-refractivity contribution in [3.05, 3.63) is 10.6 Å². The summed E-state index contributed by atoms with van der Waals surface area (Å²) in [4.78, 5) is 4.67. The van der Waals surface area contributed by atoms with Crippen LogP contribution in [-0.4, -0.2) is 27.1 Å². The SMILES string of the molecule is Cc1nc(OCC(F)(F)F)sc1C(C)N[S@@+]([O-])C(C)(C)C. The molecule has 1 unspecified atom stereocenters. The molecule has 1 aromatic rings. The largest absolute Gasteiger partial charge is 0.598 e. The zero-order chi connectivity index (χ0) is 16.4. The summed E-state index contributed by atoms with van der Waals surface area (Å²) in [5, 5.41) is -0.0324. The number of aromatic nitrogens is 1. The van der Waals surface area contributed by atoms with Crippen molar-refractivity contribution in [3.63, 3.8) is 0 Å². The van der Waals surface area contributed by atoms with E-state index in [1.807, 2.05) is 20.8 Å². The van der Waals surface area contributed by atoms with Gasteiger partial charge in [0.1, 0.15) is 4.75 Å². The molecule has 0 aliphatic rings. The molecular formula is C12H19F3N2O2S2. The number of hydrogen-bond donors (Lipinski definition) is 1. The number of hydrogen-bond acceptors (Lipinski definition) is 5. The number of ether oxygens (including phenoxy) is 1. The first-order valence-electron chi connectivity index (χ1n) is 6.25. The van der Waals surface area contributed by atoms with Crippen LogP contribution in [0.1, 0.15) is 44.3 Å². The Bertz CT molecular complexity index is 472. The highest BCUT2D eigenvalue weighted by atomic mass is 32.2. The lowest BCUT2D eigenvalue weighted by Crippen LogP contribution is -2.40. The number of thiazole rings is 1. The third-order valence-electron chi connectivity index (χ3n) is 2.41. The van der Waals surface area contributed by atoms with E-state index < -0.39 is 28.9 Å². The summed E-state index contributed by atoms with van der Waals surface area (Å²) in [6.45, 7) is 7.61. The minimum Gasteiger partial charge on any atom is -0.598 e. The van der Waals surface area contributed by atoms with Crippen molar-refractivity contribution < 1.29 is 22.5 Å². The number of rotatable bonds is 5. The average Bonchev–Trinajstić information content (AvgIpc) is 2.66. The summed E-state index contributed by atoms with van der Waals surface area (Å²) < 4.78 is 55.5. The topological polar surface area (TPSA) is 57.2 Å². The molecule has 0 radical (unpaired) electrons. The van der Waals surface area contributed by atoms with E-state index in [1.165, 1.54) is 0 Å². The molecule has 0 amide bonds. The van der Waals surface area contributed by atoms with Crippen LogP contribution in [0.15, 0.2) is 0 Å². The van der Waals surface area contributed by atoms with Crippen molar-refractivity contribution >= 4 is 22.7 Å². The Hall–Kier alpha value is -0.510. The van der Waals surface area contributed by atoms with Crippen molar-refractivity contribution in [3.8, 4) is 5.19 Å². The first-order valence-corrected chi connectivity index (χ1v) is 8.21. The van der Waals surface area contributed by atoms with Crippen LogP contribution < -0.4 is 9.46 Å². The van der Waals surface area contributed by atoms with Gasteiger partial charge in [-0.2, -0.15) is 13.2 Å². The van der Waals surface area contributed by atoms with Crippen molar-refractivity contribution in [2.75, 3.05) is 6.61 Å². The van der Waals surface area contributed by atoms with Gasteiger partial charge in [0.15, 0.2) is 6.61 Å². The number of alkyl halides is 3. The predicted octanol–water partition coefficient (Wildman–Crippen LogP) is 3.51. The Labute approximate surface area is 129 Å². The molecule has 1 N–H and O–H groups in total. The van der Waals surface area contributed by atoms with Gasteiger partial charge in [-0.25, -0.2) is 4.98 Å². The second-order valence-electron chi connectivity index (χ2n) is 5.55. The van der Waals surface area contributed by atoms with Crippen LogP contribution in [0.5, 0.6) is 5.19 Å². The molecule has 9 heteroatoms. The molecular weight excluding hydrogens is 325 g/mol. The van der Waals surface area contributed by atoms with E-state index in [0.717, 1.165) is 11.3 Å². The lowest BCUT2D eigenvalue weighted by molar-refractivity contribution is -0.153. The maximum Gasteiger partial charge on any atom is 0.422 e. The molecule has 0 spiro atoms. The van der Waals surface area contributed by atoms with Gasteiger partial charge in [0.25, 0.3) is 5.19 Å². The normalized spacial score (nSPS) is 15.9. The van der Waals surface area contributed by atoms with Gasteiger partial charge in [0, 0.05) is 11.4 Å². The molecule has 1 aromatic heterocycles. The van der Waals surface area contributed by atoms with Gasteiger partial charge >= 0.3 is 6.18 Å². The average molecular weight is 344 g/mol. The fraction of sp³-hybridized carbons (Fsp3) is 0.750. The maximum absolute atomic E-state index is 12.1. The third kappa shape index (κ3) is 6.01. The van der Waals surface area contributed by atoms with Crippen molar-refractivity contribution in [2.45, 2.75) is 51.6 Å². The van der Waals surface area contributed by atoms with Crippen molar-refractivity contribution in [2.24, 2.45) is 0 Å². The van der Waals surface area contributed by atoms with Crippen LogP contribution in [-0.2, 0) is 11.4 Å². The molecule has 0 bridgehead atoms. The summed E-state index contributed by atoms with van der Waals surface area (Å²) >= 11 is -0.246.